The lowest BCUT2D eigenvalue weighted by Gasteiger charge is -2.13. The van der Waals surface area contributed by atoms with E-state index in [1.54, 1.807) is 18.2 Å². The van der Waals surface area contributed by atoms with Crippen LogP contribution in [0.5, 0.6) is 0 Å². The molecular weight excluding hydrogens is 240 g/mol. The normalized spacial score (nSPS) is 9.72. The van der Waals surface area contributed by atoms with Crippen LogP contribution in [-0.4, -0.2) is 38.2 Å². The summed E-state index contributed by atoms with van der Waals surface area (Å²) < 4.78 is 13.5. The van der Waals surface area contributed by atoms with Crippen LogP contribution in [0.25, 0.3) is 0 Å². The van der Waals surface area contributed by atoms with Crippen molar-refractivity contribution >= 4 is 17.9 Å². The zero-order valence-corrected chi connectivity index (χ0v) is 9.91. The highest BCUT2D eigenvalue weighted by molar-refractivity contribution is 6.01. The smallest absolute Gasteiger partial charge is 0.359 e. The number of esters is 3. The molecule has 18 heavy (non-hydrogen) atoms. The first kappa shape index (κ1) is 13.7. The van der Waals surface area contributed by atoms with E-state index < -0.39 is 24.0 Å². The quantitative estimate of drug-likeness (QED) is 0.442. The van der Waals surface area contributed by atoms with E-state index in [-0.39, 0.29) is 5.56 Å². The van der Waals surface area contributed by atoms with Crippen LogP contribution in [0.3, 0.4) is 0 Å². The second-order valence-corrected chi connectivity index (χ2v) is 3.20. The predicted molar refractivity (Wildman–Crippen MR) is 59.7 cm³/mol. The van der Waals surface area contributed by atoms with E-state index in [2.05, 4.69) is 9.47 Å². The Morgan fingerprint density at radius 2 is 1.44 bits per heavy atom. The minimum atomic E-state index is -1.72. The second-order valence-electron chi connectivity index (χ2n) is 3.20. The Balaban J connectivity index is 2.81. The SMILES string of the molecule is COC(=O)C(OC(=O)c1ccccc1)C(=O)OC. The molecule has 0 aromatic heterocycles. The number of methoxy groups -OCH3 is 2. The molecule has 0 heterocycles. The van der Waals surface area contributed by atoms with E-state index >= 15 is 0 Å². The molecule has 0 bridgehead atoms. The predicted octanol–water partition coefficient (Wildman–Crippen LogP) is 0.558. The number of hydrogen-bond donors (Lipinski definition) is 0. The molecule has 0 aliphatic heterocycles. The highest BCUT2D eigenvalue weighted by atomic mass is 16.6. The van der Waals surface area contributed by atoms with Gasteiger partial charge in [-0.05, 0) is 12.1 Å². The zero-order valence-electron chi connectivity index (χ0n) is 9.91. The van der Waals surface area contributed by atoms with Crippen molar-refractivity contribution in [1.29, 1.82) is 0 Å². The van der Waals surface area contributed by atoms with Crippen LogP contribution >= 0.6 is 0 Å². The van der Waals surface area contributed by atoms with E-state index in [0.717, 1.165) is 14.2 Å². The Hall–Kier alpha value is -2.37. The minimum Gasteiger partial charge on any atom is -0.466 e. The summed E-state index contributed by atoms with van der Waals surface area (Å²) in [5, 5.41) is 0. The largest absolute Gasteiger partial charge is 0.466 e. The fourth-order valence-corrected chi connectivity index (χ4v) is 1.16. The molecule has 0 amide bonds. The van der Waals surface area contributed by atoms with Crippen LogP contribution in [0.15, 0.2) is 30.3 Å². The van der Waals surface area contributed by atoms with E-state index in [4.69, 9.17) is 4.74 Å². The summed E-state index contributed by atoms with van der Waals surface area (Å²) in [5.41, 5.74) is 0.218. The maximum atomic E-state index is 11.7. The van der Waals surface area contributed by atoms with Gasteiger partial charge in [0, 0.05) is 0 Å². The molecule has 0 spiro atoms. The monoisotopic (exact) mass is 252 g/mol. The van der Waals surface area contributed by atoms with Gasteiger partial charge in [-0.25, -0.2) is 14.4 Å². The first-order valence-corrected chi connectivity index (χ1v) is 5.01. The van der Waals surface area contributed by atoms with Crippen LogP contribution in [0, 0.1) is 0 Å². The summed E-state index contributed by atoms with van der Waals surface area (Å²) >= 11 is 0. The molecule has 1 rings (SSSR count). The molecule has 0 fully saturated rings. The van der Waals surface area contributed by atoms with E-state index in [1.165, 1.54) is 12.1 Å². The van der Waals surface area contributed by atoms with Crippen molar-refractivity contribution in [2.45, 2.75) is 6.10 Å². The molecular formula is C12H12O6. The van der Waals surface area contributed by atoms with Crippen LogP contribution < -0.4 is 0 Å². The average molecular weight is 252 g/mol. The molecule has 0 N–H and O–H groups in total. The number of carbonyl (C=O) groups is 3. The molecule has 0 unspecified atom stereocenters. The second kappa shape index (κ2) is 6.39. The lowest BCUT2D eigenvalue weighted by molar-refractivity contribution is -0.165. The molecule has 6 nitrogen and oxygen atoms in total. The third-order valence-electron chi connectivity index (χ3n) is 2.06. The Kier molecular flexibility index (Phi) is 4.86. The van der Waals surface area contributed by atoms with Crippen molar-refractivity contribution in [2.24, 2.45) is 0 Å². The molecule has 0 saturated carbocycles. The number of benzene rings is 1. The lowest BCUT2D eigenvalue weighted by Crippen LogP contribution is -2.36. The van der Waals surface area contributed by atoms with Crippen LogP contribution in [0.2, 0.25) is 0 Å². The molecule has 96 valence electrons. The average Bonchev–Trinajstić information content (AvgIpc) is 2.43. The first-order valence-electron chi connectivity index (χ1n) is 5.01. The van der Waals surface area contributed by atoms with Crippen LogP contribution in [-0.2, 0) is 23.8 Å². The van der Waals surface area contributed by atoms with Crippen LogP contribution in [0.1, 0.15) is 10.4 Å². The summed E-state index contributed by atoms with van der Waals surface area (Å²) in [6, 6.07) is 7.96. The van der Waals surface area contributed by atoms with Gasteiger partial charge in [-0.15, -0.1) is 0 Å². The Labute approximate surface area is 103 Å². The van der Waals surface area contributed by atoms with Gasteiger partial charge < -0.3 is 14.2 Å². The molecule has 0 radical (unpaired) electrons. The molecule has 0 aliphatic carbocycles. The van der Waals surface area contributed by atoms with Gasteiger partial charge in [-0.3, -0.25) is 0 Å². The Morgan fingerprint density at radius 1 is 0.944 bits per heavy atom. The van der Waals surface area contributed by atoms with Gasteiger partial charge in [-0.1, -0.05) is 18.2 Å². The van der Waals surface area contributed by atoms with Crippen molar-refractivity contribution in [2.75, 3.05) is 14.2 Å². The van der Waals surface area contributed by atoms with Crippen molar-refractivity contribution in [3.05, 3.63) is 35.9 Å². The van der Waals surface area contributed by atoms with Crippen molar-refractivity contribution in [3.63, 3.8) is 0 Å². The van der Waals surface area contributed by atoms with Crippen molar-refractivity contribution in [3.8, 4) is 0 Å². The van der Waals surface area contributed by atoms with Gasteiger partial charge >= 0.3 is 17.9 Å². The van der Waals surface area contributed by atoms with Gasteiger partial charge in [-0.2, -0.15) is 0 Å². The number of hydrogen-bond acceptors (Lipinski definition) is 6. The number of rotatable bonds is 4. The standard InChI is InChI=1S/C12H12O6/c1-16-11(14)9(12(15)17-2)18-10(13)8-6-4-3-5-7-8/h3-7,9H,1-2H3. The third-order valence-corrected chi connectivity index (χ3v) is 2.06. The number of carbonyl (C=O) groups excluding carboxylic acids is 3. The summed E-state index contributed by atoms with van der Waals surface area (Å²) in [5.74, 6) is -2.80. The molecule has 0 atom stereocenters. The molecule has 0 saturated heterocycles. The van der Waals surface area contributed by atoms with Gasteiger partial charge in [0.05, 0.1) is 19.8 Å². The van der Waals surface area contributed by atoms with Gasteiger partial charge in [0.2, 0.25) is 0 Å². The molecule has 1 aromatic carbocycles. The maximum absolute atomic E-state index is 11.7. The summed E-state index contributed by atoms with van der Waals surface area (Å²) in [6.07, 6.45) is -1.72. The van der Waals surface area contributed by atoms with Gasteiger partial charge in [0.1, 0.15) is 0 Å². The van der Waals surface area contributed by atoms with E-state index in [0.29, 0.717) is 0 Å². The minimum absolute atomic E-state index is 0.218. The van der Waals surface area contributed by atoms with Crippen LogP contribution in [0.4, 0.5) is 0 Å². The fraction of sp³-hybridized carbons (Fsp3) is 0.250. The van der Waals surface area contributed by atoms with Crippen molar-refractivity contribution in [1.82, 2.24) is 0 Å². The van der Waals surface area contributed by atoms with E-state index in [1.807, 2.05) is 0 Å². The molecule has 1 aromatic rings. The lowest BCUT2D eigenvalue weighted by atomic mass is 10.2. The Morgan fingerprint density at radius 3 is 1.89 bits per heavy atom. The third kappa shape index (κ3) is 3.31. The fourth-order valence-electron chi connectivity index (χ4n) is 1.16. The molecule has 0 aliphatic rings. The zero-order chi connectivity index (χ0) is 13.5. The van der Waals surface area contributed by atoms with E-state index in [9.17, 15) is 14.4 Å². The maximum Gasteiger partial charge on any atom is 0.359 e. The first-order chi connectivity index (χ1) is 8.60. The summed E-state index contributed by atoms with van der Waals surface area (Å²) in [4.78, 5) is 34.2. The number of ether oxygens (including phenoxy) is 3. The summed E-state index contributed by atoms with van der Waals surface area (Å²) in [7, 11) is 2.16. The van der Waals surface area contributed by atoms with Gasteiger partial charge in [0.15, 0.2) is 0 Å². The highest BCUT2D eigenvalue weighted by Crippen LogP contribution is 2.06. The summed E-state index contributed by atoms with van der Waals surface area (Å²) in [6.45, 7) is 0. The molecule has 6 heteroatoms. The van der Waals surface area contributed by atoms with Gasteiger partial charge in [0.25, 0.3) is 6.10 Å². The highest BCUT2D eigenvalue weighted by Gasteiger charge is 2.33. The topological polar surface area (TPSA) is 78.9 Å². The Bertz CT molecular complexity index is 423. The van der Waals surface area contributed by atoms with Crippen molar-refractivity contribution < 1.29 is 28.6 Å².